The summed E-state index contributed by atoms with van der Waals surface area (Å²) in [6, 6.07) is 32.4. The van der Waals surface area contributed by atoms with Crippen molar-refractivity contribution in [2.75, 3.05) is 0 Å². The van der Waals surface area contributed by atoms with Gasteiger partial charge in [0.15, 0.2) is 5.60 Å². The fourth-order valence-corrected chi connectivity index (χ4v) is 4.09. The minimum Gasteiger partial charge on any atom is -0.507 e. The highest BCUT2D eigenvalue weighted by molar-refractivity contribution is 5.96. The Bertz CT molecular complexity index is 1200. The SMILES string of the molecule is O=C1OC(c2ccccc2)(c2ccc(-c3ccccc3O)cc2)c2ccccc21. The first kappa shape index (κ1) is 17.3. The number of rotatable bonds is 3. The molecule has 3 nitrogen and oxygen atoms in total. The number of aromatic hydroxyl groups is 1. The number of carbonyl (C=O) groups excluding carboxylic acids is 1. The number of hydrogen-bond acceptors (Lipinski definition) is 3. The van der Waals surface area contributed by atoms with Crippen LogP contribution in [-0.4, -0.2) is 11.1 Å². The summed E-state index contributed by atoms with van der Waals surface area (Å²) in [6.07, 6.45) is 0. The highest BCUT2D eigenvalue weighted by atomic mass is 16.6. The summed E-state index contributed by atoms with van der Waals surface area (Å²) in [5, 5.41) is 10.2. The van der Waals surface area contributed by atoms with Gasteiger partial charge in [-0.1, -0.05) is 91.0 Å². The Labute approximate surface area is 168 Å². The number of para-hydroxylation sites is 1. The molecule has 1 unspecified atom stereocenters. The minimum atomic E-state index is -0.994. The van der Waals surface area contributed by atoms with Gasteiger partial charge in [-0.3, -0.25) is 0 Å². The largest absolute Gasteiger partial charge is 0.507 e. The van der Waals surface area contributed by atoms with Gasteiger partial charge >= 0.3 is 5.97 Å². The van der Waals surface area contributed by atoms with Crippen LogP contribution in [0.25, 0.3) is 11.1 Å². The number of phenols is 1. The van der Waals surface area contributed by atoms with E-state index in [1.165, 1.54) is 0 Å². The van der Waals surface area contributed by atoms with Gasteiger partial charge in [0.25, 0.3) is 0 Å². The Kier molecular flexibility index (Phi) is 3.95. The fraction of sp³-hybridized carbons (Fsp3) is 0.0385. The zero-order valence-corrected chi connectivity index (χ0v) is 15.6. The summed E-state index contributed by atoms with van der Waals surface area (Å²) in [4.78, 5) is 12.7. The number of fused-ring (bicyclic) bond motifs is 1. The fourth-order valence-electron chi connectivity index (χ4n) is 4.09. The van der Waals surface area contributed by atoms with Gasteiger partial charge in [0.05, 0.1) is 5.56 Å². The summed E-state index contributed by atoms with van der Waals surface area (Å²) < 4.78 is 6.07. The van der Waals surface area contributed by atoms with Crippen molar-refractivity contribution >= 4 is 5.97 Å². The summed E-state index contributed by atoms with van der Waals surface area (Å²) in [5.41, 5.74) is 3.85. The van der Waals surface area contributed by atoms with Crippen LogP contribution >= 0.6 is 0 Å². The van der Waals surface area contributed by atoms with Crippen LogP contribution in [0.4, 0.5) is 0 Å². The third kappa shape index (κ3) is 2.63. The number of cyclic esters (lactones) is 1. The van der Waals surface area contributed by atoms with Crippen LogP contribution in [0, 0.1) is 0 Å². The maximum Gasteiger partial charge on any atom is 0.340 e. The second-order valence-corrected chi connectivity index (χ2v) is 7.08. The molecule has 0 radical (unpaired) electrons. The van der Waals surface area contributed by atoms with E-state index >= 15 is 0 Å². The third-order valence-electron chi connectivity index (χ3n) is 5.46. The van der Waals surface area contributed by atoms with Crippen molar-refractivity contribution < 1.29 is 14.6 Å². The van der Waals surface area contributed by atoms with E-state index in [1.807, 2.05) is 84.9 Å². The molecule has 4 aromatic rings. The van der Waals surface area contributed by atoms with Crippen molar-refractivity contribution in [2.24, 2.45) is 0 Å². The van der Waals surface area contributed by atoms with E-state index in [0.717, 1.165) is 27.8 Å². The average Bonchev–Trinajstić information content (AvgIpc) is 3.09. The zero-order valence-electron chi connectivity index (χ0n) is 15.6. The Balaban J connectivity index is 1.70. The molecule has 0 amide bonds. The molecule has 140 valence electrons. The van der Waals surface area contributed by atoms with Gasteiger partial charge in [0, 0.05) is 22.3 Å². The van der Waals surface area contributed by atoms with E-state index in [4.69, 9.17) is 4.74 Å². The predicted octanol–water partition coefficient (Wildman–Crippen LogP) is 5.52. The molecule has 1 N–H and O–H groups in total. The van der Waals surface area contributed by atoms with Gasteiger partial charge in [-0.15, -0.1) is 0 Å². The first-order valence-electron chi connectivity index (χ1n) is 9.47. The van der Waals surface area contributed by atoms with E-state index in [-0.39, 0.29) is 11.7 Å². The van der Waals surface area contributed by atoms with Crippen molar-refractivity contribution in [3.8, 4) is 16.9 Å². The van der Waals surface area contributed by atoms with Gasteiger partial charge in [-0.05, 0) is 17.7 Å². The Hall–Kier alpha value is -3.85. The minimum absolute atomic E-state index is 0.232. The lowest BCUT2D eigenvalue weighted by molar-refractivity contribution is 0.0251. The van der Waals surface area contributed by atoms with Crippen LogP contribution in [0.1, 0.15) is 27.0 Å². The van der Waals surface area contributed by atoms with Gasteiger partial charge in [0.2, 0.25) is 0 Å². The number of carbonyl (C=O) groups is 1. The molecule has 0 aromatic heterocycles. The Morgan fingerprint density at radius 3 is 1.93 bits per heavy atom. The summed E-state index contributed by atoms with van der Waals surface area (Å²) >= 11 is 0. The van der Waals surface area contributed by atoms with Gasteiger partial charge in [-0.2, -0.15) is 0 Å². The number of hydrogen-bond donors (Lipinski definition) is 1. The third-order valence-corrected chi connectivity index (χ3v) is 5.46. The maximum absolute atomic E-state index is 12.7. The molecule has 0 fully saturated rings. The van der Waals surface area contributed by atoms with E-state index in [0.29, 0.717) is 5.56 Å². The number of esters is 1. The van der Waals surface area contributed by atoms with E-state index in [2.05, 4.69) is 0 Å². The molecule has 1 heterocycles. The molecule has 0 saturated heterocycles. The Morgan fingerprint density at radius 1 is 0.621 bits per heavy atom. The van der Waals surface area contributed by atoms with Gasteiger partial charge < -0.3 is 9.84 Å². The van der Waals surface area contributed by atoms with Crippen molar-refractivity contribution in [2.45, 2.75) is 5.60 Å². The van der Waals surface area contributed by atoms with Crippen LogP contribution in [0.3, 0.4) is 0 Å². The number of ether oxygens (including phenoxy) is 1. The second-order valence-electron chi connectivity index (χ2n) is 7.08. The molecule has 5 rings (SSSR count). The molecule has 0 bridgehead atoms. The molecule has 3 heteroatoms. The lowest BCUT2D eigenvalue weighted by Gasteiger charge is -2.30. The lowest BCUT2D eigenvalue weighted by Crippen LogP contribution is -2.29. The lowest BCUT2D eigenvalue weighted by atomic mass is 9.79. The molecule has 0 spiro atoms. The standard InChI is InChI=1S/C26H18O3/c27-24-13-7-5-10-21(24)18-14-16-20(17-15-18)26(19-8-2-1-3-9-19)23-12-6-4-11-22(23)25(28)29-26/h1-17,27H. The quantitative estimate of drug-likeness (QED) is 0.477. The number of benzene rings is 4. The second kappa shape index (κ2) is 6.64. The van der Waals surface area contributed by atoms with Crippen LogP contribution < -0.4 is 0 Å². The van der Waals surface area contributed by atoms with E-state index in [1.54, 1.807) is 18.2 Å². The summed E-state index contributed by atoms with van der Waals surface area (Å²) in [5.74, 6) is -0.0927. The van der Waals surface area contributed by atoms with Crippen molar-refractivity contribution in [3.05, 3.63) is 125 Å². The molecule has 1 aliphatic rings. The predicted molar refractivity (Wildman–Crippen MR) is 112 cm³/mol. The summed E-state index contributed by atoms with van der Waals surface area (Å²) in [6.45, 7) is 0. The van der Waals surface area contributed by atoms with Crippen LogP contribution in [0.2, 0.25) is 0 Å². The first-order chi connectivity index (χ1) is 14.2. The zero-order chi connectivity index (χ0) is 19.8. The highest BCUT2D eigenvalue weighted by Gasteiger charge is 2.48. The topological polar surface area (TPSA) is 46.5 Å². The normalized spacial score (nSPS) is 17.6. The molecule has 4 aromatic carbocycles. The van der Waals surface area contributed by atoms with E-state index in [9.17, 15) is 9.90 Å². The van der Waals surface area contributed by atoms with Crippen molar-refractivity contribution in [1.82, 2.24) is 0 Å². The maximum atomic E-state index is 12.7. The van der Waals surface area contributed by atoms with Crippen LogP contribution in [-0.2, 0) is 10.3 Å². The Morgan fingerprint density at radius 2 is 1.21 bits per heavy atom. The van der Waals surface area contributed by atoms with Crippen molar-refractivity contribution in [1.29, 1.82) is 0 Å². The first-order valence-corrected chi connectivity index (χ1v) is 9.47. The molecule has 29 heavy (non-hydrogen) atoms. The van der Waals surface area contributed by atoms with Crippen LogP contribution in [0.15, 0.2) is 103 Å². The summed E-state index contributed by atoms with van der Waals surface area (Å²) in [7, 11) is 0. The molecular weight excluding hydrogens is 360 g/mol. The molecule has 0 aliphatic carbocycles. The monoisotopic (exact) mass is 378 g/mol. The van der Waals surface area contributed by atoms with Gasteiger partial charge in [0.1, 0.15) is 5.75 Å². The van der Waals surface area contributed by atoms with E-state index < -0.39 is 5.60 Å². The average molecular weight is 378 g/mol. The number of phenolic OH excluding ortho intramolecular Hbond substituents is 1. The molecular formula is C26H18O3. The molecule has 1 atom stereocenters. The van der Waals surface area contributed by atoms with Crippen molar-refractivity contribution in [3.63, 3.8) is 0 Å². The van der Waals surface area contributed by atoms with Crippen LogP contribution in [0.5, 0.6) is 5.75 Å². The van der Waals surface area contributed by atoms with Gasteiger partial charge in [-0.25, -0.2) is 4.79 Å². The smallest absolute Gasteiger partial charge is 0.340 e. The molecule has 0 saturated carbocycles. The highest BCUT2D eigenvalue weighted by Crippen LogP contribution is 2.47. The molecule has 1 aliphatic heterocycles.